The fourth-order valence-corrected chi connectivity index (χ4v) is 1.70. The Morgan fingerprint density at radius 2 is 1.29 bits per heavy atom. The molecule has 2 aromatic heterocycles. The highest BCUT2D eigenvalue weighted by Gasteiger charge is 2.16. The number of carboxylic acid groups (broad SMARTS) is 2. The fraction of sp³-hybridized carbons (Fsp3) is 0.643. The monoisotopic (exact) mass is 729 g/mol. The number of carbonyl (C=O) groups is 5. The van der Waals surface area contributed by atoms with Gasteiger partial charge in [0.05, 0.1) is 19.3 Å². The number of amides is 2. The molecule has 0 fully saturated rings. The van der Waals surface area contributed by atoms with E-state index in [0.717, 1.165) is 18.7 Å². The van der Waals surface area contributed by atoms with Crippen LogP contribution in [0.5, 0.6) is 0 Å². The van der Waals surface area contributed by atoms with Crippen molar-refractivity contribution in [3.63, 3.8) is 0 Å². The lowest BCUT2D eigenvalue weighted by molar-refractivity contribution is -0.155. The van der Waals surface area contributed by atoms with E-state index < -0.39 is 17.5 Å². The Bertz CT molecular complexity index is 1050. The van der Waals surface area contributed by atoms with E-state index in [0.29, 0.717) is 25.2 Å². The van der Waals surface area contributed by atoms with E-state index >= 15 is 0 Å². The van der Waals surface area contributed by atoms with Gasteiger partial charge in [0.15, 0.2) is 12.7 Å². The number of aliphatic imine (C=N–C) groups is 1. The van der Waals surface area contributed by atoms with E-state index in [2.05, 4.69) is 49.6 Å². The number of aryl methyl sites for hydroxylation is 2. The van der Waals surface area contributed by atoms with Gasteiger partial charge in [-0.1, -0.05) is 38.0 Å². The van der Waals surface area contributed by atoms with Crippen molar-refractivity contribution in [1.29, 1.82) is 0 Å². The average molecular weight is 730 g/mol. The summed E-state index contributed by atoms with van der Waals surface area (Å²) in [4.78, 5) is 62.9. The molecule has 0 atom stereocenters. The van der Waals surface area contributed by atoms with Crippen LogP contribution in [0.3, 0.4) is 0 Å². The molecule has 2 rings (SSSR count). The van der Waals surface area contributed by atoms with Gasteiger partial charge in [0, 0.05) is 46.2 Å². The van der Waals surface area contributed by atoms with Gasteiger partial charge in [-0.2, -0.15) is 9.97 Å². The number of hydrogen-bond acceptors (Lipinski definition) is 15. The Balaban J connectivity index is -0.000000117. The zero-order chi connectivity index (χ0) is 38.6. The van der Waals surface area contributed by atoms with Crippen LogP contribution >= 0.6 is 12.4 Å². The molecular weight excluding hydrogens is 674 g/mol. The third kappa shape index (κ3) is 59.4. The normalized spacial score (nSPS) is 9.06. The van der Waals surface area contributed by atoms with Crippen LogP contribution in [0.1, 0.15) is 92.4 Å². The molecule has 0 spiro atoms. The number of carbonyl (C=O) groups excluding carboxylic acids is 3. The highest BCUT2D eigenvalue weighted by atomic mass is 35.5. The molecule has 0 aromatic carbocycles. The number of aromatic nitrogens is 4. The highest BCUT2D eigenvalue weighted by molar-refractivity contribution is 5.85. The van der Waals surface area contributed by atoms with E-state index in [1.54, 1.807) is 25.7 Å². The Kier molecular flexibility index (Phi) is 45.9. The third-order valence-corrected chi connectivity index (χ3v) is 3.80. The molecule has 286 valence electrons. The van der Waals surface area contributed by atoms with Crippen LogP contribution in [-0.4, -0.2) is 103 Å². The molecule has 0 bridgehead atoms. The molecule has 0 aliphatic carbocycles. The summed E-state index contributed by atoms with van der Waals surface area (Å²) in [6, 6.07) is 0. The molecule has 0 saturated heterocycles. The van der Waals surface area contributed by atoms with Crippen molar-refractivity contribution in [1.82, 2.24) is 25.2 Å². The molecule has 2 heterocycles. The second-order valence-electron chi connectivity index (χ2n) is 9.63. The first-order chi connectivity index (χ1) is 22.4. The minimum absolute atomic E-state index is 0. The van der Waals surface area contributed by atoms with E-state index in [1.165, 1.54) is 19.0 Å². The molecular formula is C28H56ClN9O11. The summed E-state index contributed by atoms with van der Waals surface area (Å²) in [5.74, 6) is 2.39. The average Bonchev–Trinajstić information content (AvgIpc) is 3.75. The van der Waals surface area contributed by atoms with Crippen LogP contribution in [0.25, 0.3) is 0 Å². The van der Waals surface area contributed by atoms with Gasteiger partial charge in [-0.05, 0) is 27.2 Å². The molecule has 2 aromatic rings. The van der Waals surface area contributed by atoms with Crippen LogP contribution in [0.15, 0.2) is 26.7 Å². The fourth-order valence-electron chi connectivity index (χ4n) is 1.70. The van der Waals surface area contributed by atoms with E-state index in [9.17, 15) is 24.0 Å². The summed E-state index contributed by atoms with van der Waals surface area (Å²) in [7, 11) is 3.65. The highest BCUT2D eigenvalue weighted by Crippen LogP contribution is 2.09. The maximum absolute atomic E-state index is 11.2. The lowest BCUT2D eigenvalue weighted by Gasteiger charge is -2.19. The van der Waals surface area contributed by atoms with Gasteiger partial charge in [-0.3, -0.25) is 24.0 Å². The number of primary amides is 1. The summed E-state index contributed by atoms with van der Waals surface area (Å²) in [5.41, 5.74) is 8.79. The maximum Gasteiger partial charge on any atom is 0.317 e. The Hall–Kier alpha value is -4.53. The minimum Gasteiger partial charge on any atom is -0.481 e. The van der Waals surface area contributed by atoms with Crippen LogP contribution < -0.4 is 17.4 Å². The number of ether oxygens (including phenoxy) is 1. The summed E-state index contributed by atoms with van der Waals surface area (Å²) < 4.78 is 14.6. The molecule has 9 N–H and O–H groups in total. The van der Waals surface area contributed by atoms with Gasteiger partial charge >= 0.3 is 17.9 Å². The summed E-state index contributed by atoms with van der Waals surface area (Å²) in [5, 5.41) is 28.7. The van der Waals surface area contributed by atoms with Crippen LogP contribution in [-0.2, 0) is 41.6 Å². The zero-order valence-corrected chi connectivity index (χ0v) is 30.6. The number of carboxylic acids is 2. The molecule has 0 aliphatic rings. The van der Waals surface area contributed by atoms with E-state index in [4.69, 9.17) is 29.2 Å². The first-order valence-corrected chi connectivity index (χ1v) is 14.5. The molecule has 0 saturated carbocycles. The van der Waals surface area contributed by atoms with Crippen molar-refractivity contribution in [2.24, 2.45) is 22.4 Å². The van der Waals surface area contributed by atoms with Gasteiger partial charge in [0.1, 0.15) is 5.60 Å². The van der Waals surface area contributed by atoms with Gasteiger partial charge in [-0.25, -0.2) is 10.9 Å². The number of hydrogen-bond donors (Lipinski definition) is 6. The smallest absolute Gasteiger partial charge is 0.317 e. The predicted molar refractivity (Wildman–Crippen MR) is 182 cm³/mol. The predicted octanol–water partition coefficient (Wildman–Crippen LogP) is 2.03. The molecule has 0 unspecified atom stereocenters. The summed E-state index contributed by atoms with van der Waals surface area (Å²) in [6.45, 7) is 12.4. The summed E-state index contributed by atoms with van der Waals surface area (Å²) in [6.07, 6.45) is 8.02. The number of aliphatic carboxylic acids is 2. The van der Waals surface area contributed by atoms with Crippen LogP contribution in [0.4, 0.5) is 0 Å². The van der Waals surface area contributed by atoms with Gasteiger partial charge in [0.25, 0.3) is 0 Å². The Morgan fingerprint density at radius 1 is 0.878 bits per heavy atom. The number of nitrogens with zero attached hydrogens (tertiary/aromatic N) is 6. The first kappa shape index (κ1) is 56.8. The molecule has 0 aliphatic heterocycles. The van der Waals surface area contributed by atoms with Crippen molar-refractivity contribution >= 4 is 48.5 Å². The molecule has 21 heteroatoms. The quantitative estimate of drug-likeness (QED) is 0.0881. The Morgan fingerprint density at radius 3 is 1.53 bits per heavy atom. The van der Waals surface area contributed by atoms with Crippen LogP contribution in [0.2, 0.25) is 0 Å². The number of esters is 1. The SMILES string of the molecule is CC(C)(C)OC(=O)CCc1ncno1.CCC(=O)N=CN(C)C.CCC(=O)O.CCC(N)=O.CCCc1ncno1.Cl.NCC(=O)O.NO. The molecule has 49 heavy (non-hydrogen) atoms. The molecule has 0 radical (unpaired) electrons. The van der Waals surface area contributed by atoms with Crippen molar-refractivity contribution in [2.45, 2.75) is 99.0 Å². The number of nitrogens with two attached hydrogens (primary N) is 3. The molecule has 20 nitrogen and oxygen atoms in total. The van der Waals surface area contributed by atoms with Gasteiger partial charge in [-0.15, -0.1) is 12.4 Å². The lowest BCUT2D eigenvalue weighted by atomic mass is 10.2. The zero-order valence-electron chi connectivity index (χ0n) is 29.8. The summed E-state index contributed by atoms with van der Waals surface area (Å²) >= 11 is 0. The second kappa shape index (κ2) is 39.6. The maximum atomic E-state index is 11.2. The number of halogens is 1. The van der Waals surface area contributed by atoms with E-state index in [1.807, 2.05) is 34.9 Å². The van der Waals surface area contributed by atoms with Crippen LogP contribution in [0, 0.1) is 0 Å². The third-order valence-electron chi connectivity index (χ3n) is 3.80. The topological polar surface area (TPSA) is 327 Å². The lowest BCUT2D eigenvalue weighted by Crippen LogP contribution is -2.24. The van der Waals surface area contributed by atoms with Crippen molar-refractivity contribution in [2.75, 3.05) is 20.6 Å². The standard InChI is InChI=1S/C9H14N2O3.C6H12N2O.C5H8N2O.C3H7NO.C3H6O2.C2H5NO2.ClH.H3NO/c1-9(2,3)13-8(12)5-4-7-10-6-11-14-7;1-4-6(9)7-5-8(2)3;1-2-3-5-6-4-7-8-5;2*1-2-3(4)5;3-1-2(4)5;;1-2/h6H,4-5H2,1-3H3;5H,4H2,1-3H3;4H,2-3H2,1H3;2H2,1H3,(H2,4,5);2H2,1H3,(H,4,5);1,3H2,(H,4,5);1H;2H,1H2. The van der Waals surface area contributed by atoms with Gasteiger partial charge < -0.3 is 45.6 Å². The van der Waals surface area contributed by atoms with Crippen molar-refractivity contribution < 1.29 is 53.2 Å². The first-order valence-electron chi connectivity index (χ1n) is 14.5. The second-order valence-corrected chi connectivity index (χ2v) is 9.63. The largest absolute Gasteiger partial charge is 0.481 e. The van der Waals surface area contributed by atoms with E-state index in [-0.39, 0.29) is 49.6 Å². The minimum atomic E-state index is -0.968. The number of rotatable bonds is 10. The van der Waals surface area contributed by atoms with Crippen molar-refractivity contribution in [3.8, 4) is 0 Å². The van der Waals surface area contributed by atoms with Crippen molar-refractivity contribution in [3.05, 3.63) is 24.4 Å². The van der Waals surface area contributed by atoms with Gasteiger partial charge in [0.2, 0.25) is 23.6 Å². The molecule has 2 amide bonds. The Labute approximate surface area is 293 Å².